The van der Waals surface area contributed by atoms with Gasteiger partial charge in [0.05, 0.1) is 31.2 Å². The summed E-state index contributed by atoms with van der Waals surface area (Å²) in [6, 6.07) is 7.56. The molecular weight excluding hydrogens is 340 g/mol. The Morgan fingerprint density at radius 3 is 2.96 bits per heavy atom. The summed E-state index contributed by atoms with van der Waals surface area (Å²) in [5, 5.41) is 15.0. The third-order valence-corrected chi connectivity index (χ3v) is 5.23. The fourth-order valence-electron chi connectivity index (χ4n) is 2.96. The number of thiazole rings is 1. The zero-order valence-electron chi connectivity index (χ0n) is 13.8. The van der Waals surface area contributed by atoms with Crippen LogP contribution >= 0.6 is 11.3 Å². The quantitative estimate of drug-likeness (QED) is 0.604. The predicted octanol–water partition coefficient (Wildman–Crippen LogP) is 1.89. The Balaban J connectivity index is 1.85. The fourth-order valence-corrected chi connectivity index (χ4v) is 3.92. The molecule has 0 fully saturated rings. The van der Waals surface area contributed by atoms with Crippen molar-refractivity contribution < 1.29 is 9.84 Å². The molecule has 4 aromatic rings. The van der Waals surface area contributed by atoms with Crippen molar-refractivity contribution in [1.82, 2.24) is 19.3 Å². The summed E-state index contributed by atoms with van der Waals surface area (Å²) in [6.45, 7) is 0.251. The molecule has 0 aliphatic rings. The van der Waals surface area contributed by atoms with Crippen molar-refractivity contribution >= 4 is 32.6 Å². The van der Waals surface area contributed by atoms with Gasteiger partial charge in [-0.1, -0.05) is 12.1 Å². The number of aryl methyl sites for hydroxylation is 1. The number of aromatic nitrogens is 4. The normalized spacial score (nSPS) is 11.5. The number of ether oxygens (including phenoxy) is 1. The SMILES string of the molecule is COc1cccc(Cn2ncc3c4sc(CO)nc4n(C)c3c2=O)c1. The van der Waals surface area contributed by atoms with E-state index in [1.54, 1.807) is 17.9 Å². The summed E-state index contributed by atoms with van der Waals surface area (Å²) < 4.78 is 9.31. The highest BCUT2D eigenvalue weighted by Gasteiger charge is 2.18. The number of aliphatic hydroxyl groups excluding tert-OH is 1. The molecule has 1 N–H and O–H groups in total. The van der Waals surface area contributed by atoms with E-state index in [1.165, 1.54) is 16.0 Å². The number of aliphatic hydroxyl groups is 1. The van der Waals surface area contributed by atoms with Crippen LogP contribution in [0.5, 0.6) is 5.75 Å². The maximum absolute atomic E-state index is 12.9. The Hall–Kier alpha value is -2.71. The minimum Gasteiger partial charge on any atom is -0.497 e. The van der Waals surface area contributed by atoms with Crippen LogP contribution in [0.2, 0.25) is 0 Å². The van der Waals surface area contributed by atoms with E-state index in [4.69, 9.17) is 4.74 Å². The molecule has 4 rings (SSSR count). The summed E-state index contributed by atoms with van der Waals surface area (Å²) in [4.78, 5) is 17.3. The summed E-state index contributed by atoms with van der Waals surface area (Å²) >= 11 is 1.38. The molecule has 0 radical (unpaired) electrons. The second-order valence-corrected chi connectivity index (χ2v) is 6.78. The van der Waals surface area contributed by atoms with Crippen LogP contribution in [0.15, 0.2) is 35.3 Å². The molecule has 0 aliphatic heterocycles. The Morgan fingerprint density at radius 1 is 1.36 bits per heavy atom. The third-order valence-electron chi connectivity index (χ3n) is 4.17. The minimum atomic E-state index is -0.168. The van der Waals surface area contributed by atoms with E-state index in [2.05, 4.69) is 10.1 Å². The molecule has 0 atom stereocenters. The number of hydrogen-bond donors (Lipinski definition) is 1. The van der Waals surface area contributed by atoms with Gasteiger partial charge in [0.2, 0.25) is 0 Å². The van der Waals surface area contributed by atoms with Crippen LogP contribution in [0.4, 0.5) is 0 Å². The van der Waals surface area contributed by atoms with Crippen LogP contribution in [-0.2, 0) is 20.2 Å². The fraction of sp³-hybridized carbons (Fsp3) is 0.235. The number of nitrogens with zero attached hydrogens (tertiary/aromatic N) is 4. The van der Waals surface area contributed by atoms with Gasteiger partial charge in [0.15, 0.2) is 5.65 Å². The summed E-state index contributed by atoms with van der Waals surface area (Å²) in [6.07, 6.45) is 1.69. The summed E-state index contributed by atoms with van der Waals surface area (Å²) in [5.41, 5.74) is 2.03. The predicted molar refractivity (Wildman–Crippen MR) is 96.2 cm³/mol. The van der Waals surface area contributed by atoms with E-state index >= 15 is 0 Å². The molecule has 0 amide bonds. The van der Waals surface area contributed by atoms with Gasteiger partial charge in [-0.3, -0.25) is 4.79 Å². The average molecular weight is 356 g/mol. The molecule has 0 spiro atoms. The molecule has 0 bridgehead atoms. The van der Waals surface area contributed by atoms with Gasteiger partial charge in [0.1, 0.15) is 16.3 Å². The van der Waals surface area contributed by atoms with Gasteiger partial charge >= 0.3 is 0 Å². The molecular formula is C17H16N4O3S. The Bertz CT molecular complexity index is 1140. The van der Waals surface area contributed by atoms with Gasteiger partial charge in [0.25, 0.3) is 5.56 Å². The van der Waals surface area contributed by atoms with E-state index in [0.29, 0.717) is 22.7 Å². The van der Waals surface area contributed by atoms with Crippen molar-refractivity contribution in [3.63, 3.8) is 0 Å². The zero-order valence-corrected chi connectivity index (χ0v) is 14.6. The lowest BCUT2D eigenvalue weighted by molar-refractivity contribution is 0.281. The molecule has 0 saturated heterocycles. The molecule has 1 aromatic carbocycles. The number of rotatable bonds is 4. The van der Waals surface area contributed by atoms with Crippen LogP contribution in [-0.4, -0.2) is 31.5 Å². The van der Waals surface area contributed by atoms with Crippen LogP contribution in [0.3, 0.4) is 0 Å². The van der Waals surface area contributed by atoms with Gasteiger partial charge < -0.3 is 14.4 Å². The first-order chi connectivity index (χ1) is 12.1. The van der Waals surface area contributed by atoms with E-state index < -0.39 is 0 Å². The standard InChI is InChI=1S/C17H16N4O3S/c1-20-14-12(15-16(20)19-13(9-22)25-15)7-18-21(17(14)23)8-10-4-3-5-11(6-10)24-2/h3-7,22H,8-9H2,1-2H3. The second-order valence-electron chi connectivity index (χ2n) is 5.70. The highest BCUT2D eigenvalue weighted by molar-refractivity contribution is 7.19. The van der Waals surface area contributed by atoms with Crippen molar-refractivity contribution in [2.45, 2.75) is 13.2 Å². The Kier molecular flexibility index (Phi) is 3.78. The maximum Gasteiger partial charge on any atom is 0.291 e. The number of benzene rings is 1. The number of hydrogen-bond acceptors (Lipinski definition) is 6. The van der Waals surface area contributed by atoms with Gasteiger partial charge in [-0.15, -0.1) is 11.3 Å². The van der Waals surface area contributed by atoms with Crippen LogP contribution in [0.1, 0.15) is 10.6 Å². The molecule has 0 saturated carbocycles. The first kappa shape index (κ1) is 15.8. The van der Waals surface area contributed by atoms with E-state index in [0.717, 1.165) is 21.4 Å². The molecule has 0 aliphatic carbocycles. The van der Waals surface area contributed by atoms with Gasteiger partial charge in [-0.25, -0.2) is 9.67 Å². The average Bonchev–Trinajstić information content (AvgIpc) is 3.17. The Morgan fingerprint density at radius 2 is 2.20 bits per heavy atom. The van der Waals surface area contributed by atoms with Gasteiger partial charge in [0, 0.05) is 12.4 Å². The topological polar surface area (TPSA) is 82.2 Å². The van der Waals surface area contributed by atoms with E-state index in [1.807, 2.05) is 31.3 Å². The molecule has 25 heavy (non-hydrogen) atoms. The largest absolute Gasteiger partial charge is 0.497 e. The monoisotopic (exact) mass is 356 g/mol. The van der Waals surface area contributed by atoms with Gasteiger partial charge in [-0.2, -0.15) is 5.10 Å². The van der Waals surface area contributed by atoms with Crippen molar-refractivity contribution in [2.75, 3.05) is 7.11 Å². The number of methoxy groups -OCH3 is 1. The van der Waals surface area contributed by atoms with E-state index in [-0.39, 0.29) is 12.2 Å². The minimum absolute atomic E-state index is 0.110. The molecule has 0 unspecified atom stereocenters. The number of fused-ring (bicyclic) bond motifs is 3. The van der Waals surface area contributed by atoms with Crippen LogP contribution < -0.4 is 10.3 Å². The highest BCUT2D eigenvalue weighted by Crippen LogP contribution is 2.30. The molecule has 3 heterocycles. The first-order valence-corrected chi connectivity index (χ1v) is 8.51. The smallest absolute Gasteiger partial charge is 0.291 e. The van der Waals surface area contributed by atoms with Gasteiger partial charge in [-0.05, 0) is 17.7 Å². The lowest BCUT2D eigenvalue weighted by Crippen LogP contribution is -2.24. The zero-order chi connectivity index (χ0) is 17.6. The first-order valence-electron chi connectivity index (χ1n) is 7.70. The third kappa shape index (κ3) is 2.50. The summed E-state index contributed by atoms with van der Waals surface area (Å²) in [5.74, 6) is 0.742. The van der Waals surface area contributed by atoms with Crippen molar-refractivity contribution in [1.29, 1.82) is 0 Å². The van der Waals surface area contributed by atoms with Crippen molar-refractivity contribution in [3.05, 3.63) is 51.4 Å². The van der Waals surface area contributed by atoms with Crippen molar-refractivity contribution in [3.8, 4) is 5.75 Å². The molecule has 8 heteroatoms. The maximum atomic E-state index is 12.9. The molecule has 7 nitrogen and oxygen atoms in total. The van der Waals surface area contributed by atoms with E-state index in [9.17, 15) is 9.90 Å². The second kappa shape index (κ2) is 5.98. The lowest BCUT2D eigenvalue weighted by Gasteiger charge is -2.07. The van der Waals surface area contributed by atoms with Crippen LogP contribution in [0, 0.1) is 0 Å². The molecule has 3 aromatic heterocycles. The highest BCUT2D eigenvalue weighted by atomic mass is 32.1. The van der Waals surface area contributed by atoms with Crippen LogP contribution in [0.25, 0.3) is 21.3 Å². The molecule has 128 valence electrons. The summed E-state index contributed by atoms with van der Waals surface area (Å²) in [7, 11) is 3.42. The van der Waals surface area contributed by atoms with Crippen molar-refractivity contribution in [2.24, 2.45) is 7.05 Å². The Labute approximate surface area is 146 Å². The lowest BCUT2D eigenvalue weighted by atomic mass is 10.2.